The van der Waals surface area contributed by atoms with E-state index in [0.29, 0.717) is 21.7 Å². The molecule has 3 rings (SSSR count). The summed E-state index contributed by atoms with van der Waals surface area (Å²) in [5.74, 6) is 0.0219. The van der Waals surface area contributed by atoms with Crippen molar-refractivity contribution in [1.82, 2.24) is 10.2 Å². The van der Waals surface area contributed by atoms with Crippen molar-refractivity contribution in [1.29, 1.82) is 0 Å². The minimum atomic E-state index is -0.532. The van der Waals surface area contributed by atoms with Gasteiger partial charge in [0.1, 0.15) is 11.6 Å². The molecule has 0 radical (unpaired) electrons. The molecule has 0 bridgehead atoms. The van der Waals surface area contributed by atoms with Crippen LogP contribution in [-0.4, -0.2) is 21.4 Å². The average molecular weight is 413 g/mol. The third-order valence-electron chi connectivity index (χ3n) is 3.23. The van der Waals surface area contributed by atoms with Crippen molar-refractivity contribution in [2.45, 2.75) is 23.1 Å². The molecule has 0 aliphatic heterocycles. The summed E-state index contributed by atoms with van der Waals surface area (Å²) in [6.07, 6.45) is 1.60. The van der Waals surface area contributed by atoms with Crippen LogP contribution >= 0.6 is 34.7 Å². The first-order chi connectivity index (χ1) is 12.5. The zero-order valence-corrected chi connectivity index (χ0v) is 15.9. The number of carbonyl (C=O) groups is 1. The van der Waals surface area contributed by atoms with E-state index in [1.807, 2.05) is 12.1 Å². The van der Waals surface area contributed by atoms with Gasteiger partial charge in [0.25, 0.3) is 0 Å². The largest absolute Gasteiger partial charge is 0.467 e. The highest BCUT2D eigenvalue weighted by Gasteiger charge is 2.18. The fourth-order valence-electron chi connectivity index (χ4n) is 1.93. The lowest BCUT2D eigenvalue weighted by molar-refractivity contribution is -0.115. The van der Waals surface area contributed by atoms with Gasteiger partial charge in [-0.3, -0.25) is 4.79 Å². The second-order valence-electron chi connectivity index (χ2n) is 5.18. The number of amides is 1. The molecule has 0 unspecified atom stereocenters. The maximum atomic E-state index is 13.2. The predicted molar refractivity (Wildman–Crippen MR) is 101 cm³/mol. The Kier molecular flexibility index (Phi) is 6.12. The molecule has 2 heterocycles. The van der Waals surface area contributed by atoms with Crippen LogP contribution in [0.5, 0.6) is 0 Å². The Hall–Kier alpha value is -2.10. The molecular weight excluding hydrogens is 399 g/mol. The van der Waals surface area contributed by atoms with Crippen LogP contribution in [0, 0.1) is 5.82 Å². The van der Waals surface area contributed by atoms with E-state index in [4.69, 9.17) is 16.0 Å². The average Bonchev–Trinajstić information content (AvgIpc) is 3.28. The number of halogens is 2. The van der Waals surface area contributed by atoms with E-state index >= 15 is 0 Å². The van der Waals surface area contributed by atoms with Gasteiger partial charge in [-0.2, -0.15) is 0 Å². The van der Waals surface area contributed by atoms with Crippen molar-refractivity contribution in [3.63, 3.8) is 0 Å². The van der Waals surface area contributed by atoms with Crippen molar-refractivity contribution in [3.8, 4) is 0 Å². The molecule has 0 saturated carbocycles. The maximum absolute atomic E-state index is 13.2. The Morgan fingerprint density at radius 2 is 2.27 bits per heavy atom. The van der Waals surface area contributed by atoms with Crippen molar-refractivity contribution < 1.29 is 13.6 Å². The minimum absolute atomic E-state index is 0.0421. The van der Waals surface area contributed by atoms with Gasteiger partial charge < -0.3 is 15.1 Å². The van der Waals surface area contributed by atoms with E-state index < -0.39 is 11.1 Å². The molecule has 3 aromatic rings. The van der Waals surface area contributed by atoms with E-state index in [1.165, 1.54) is 41.3 Å². The standard InChI is InChI=1S/C16H14ClFN4O2S2/c1-9(14(23)20-10-4-5-13(18)12(17)7-10)25-16-22-21-15(26-16)19-8-11-3-2-6-24-11/h2-7,9H,8H2,1H3,(H,19,21)(H,20,23)/t9-/m1/s1. The van der Waals surface area contributed by atoms with Gasteiger partial charge in [-0.1, -0.05) is 34.7 Å². The number of anilines is 2. The van der Waals surface area contributed by atoms with Crippen LogP contribution in [0.3, 0.4) is 0 Å². The van der Waals surface area contributed by atoms with Crippen molar-refractivity contribution in [2.24, 2.45) is 0 Å². The summed E-state index contributed by atoms with van der Waals surface area (Å²) in [5.41, 5.74) is 0.437. The monoisotopic (exact) mass is 412 g/mol. The third-order valence-corrected chi connectivity index (χ3v) is 5.59. The smallest absolute Gasteiger partial charge is 0.237 e. The number of carbonyl (C=O) groups excluding carboxylic acids is 1. The molecule has 2 N–H and O–H groups in total. The molecule has 1 amide bonds. The third kappa shape index (κ3) is 4.96. The highest BCUT2D eigenvalue weighted by molar-refractivity contribution is 8.02. The van der Waals surface area contributed by atoms with Gasteiger partial charge in [-0.05, 0) is 37.3 Å². The molecule has 0 aliphatic carbocycles. The lowest BCUT2D eigenvalue weighted by Gasteiger charge is -2.10. The highest BCUT2D eigenvalue weighted by Crippen LogP contribution is 2.30. The van der Waals surface area contributed by atoms with Crippen molar-refractivity contribution in [3.05, 3.63) is 53.2 Å². The van der Waals surface area contributed by atoms with Crippen molar-refractivity contribution in [2.75, 3.05) is 10.6 Å². The summed E-state index contributed by atoms with van der Waals surface area (Å²) in [6.45, 7) is 2.26. The van der Waals surface area contributed by atoms with Crippen LogP contribution < -0.4 is 10.6 Å². The van der Waals surface area contributed by atoms with Gasteiger partial charge >= 0.3 is 0 Å². The molecule has 0 saturated heterocycles. The minimum Gasteiger partial charge on any atom is -0.467 e. The van der Waals surface area contributed by atoms with E-state index in [1.54, 1.807) is 13.2 Å². The number of thioether (sulfide) groups is 1. The molecule has 0 fully saturated rings. The zero-order valence-electron chi connectivity index (χ0n) is 13.5. The molecular formula is C16H14ClFN4O2S2. The van der Waals surface area contributed by atoms with E-state index in [2.05, 4.69) is 20.8 Å². The normalized spacial score (nSPS) is 12.0. The molecule has 6 nitrogen and oxygen atoms in total. The number of aromatic nitrogens is 2. The SMILES string of the molecule is C[C@@H](Sc1nnc(NCc2ccco2)s1)C(=O)Nc1ccc(F)c(Cl)c1. The summed E-state index contributed by atoms with van der Waals surface area (Å²) in [4.78, 5) is 12.3. The number of benzene rings is 1. The van der Waals surface area contributed by atoms with Crippen LogP contribution in [-0.2, 0) is 11.3 Å². The number of hydrogen-bond acceptors (Lipinski definition) is 7. The molecule has 0 spiro atoms. The number of nitrogens with one attached hydrogen (secondary N) is 2. The fraction of sp³-hybridized carbons (Fsp3) is 0.188. The fourth-order valence-corrected chi connectivity index (χ4v) is 4.00. The number of nitrogens with zero attached hydrogens (tertiary/aromatic N) is 2. The lowest BCUT2D eigenvalue weighted by Crippen LogP contribution is -2.22. The molecule has 1 aromatic carbocycles. The second-order valence-corrected chi connectivity index (χ2v) is 8.16. The summed E-state index contributed by atoms with van der Waals surface area (Å²) in [5, 5.41) is 14.1. The van der Waals surface area contributed by atoms with Gasteiger partial charge in [0.2, 0.25) is 11.0 Å². The van der Waals surface area contributed by atoms with Gasteiger partial charge in [0, 0.05) is 5.69 Å². The van der Waals surface area contributed by atoms with Crippen LogP contribution in [0.4, 0.5) is 15.2 Å². The van der Waals surface area contributed by atoms with Gasteiger partial charge in [0.15, 0.2) is 4.34 Å². The second kappa shape index (κ2) is 8.52. The lowest BCUT2D eigenvalue weighted by atomic mass is 10.3. The maximum Gasteiger partial charge on any atom is 0.237 e. The van der Waals surface area contributed by atoms with Gasteiger partial charge in [-0.15, -0.1) is 10.2 Å². The molecule has 10 heteroatoms. The van der Waals surface area contributed by atoms with Crippen LogP contribution in [0.2, 0.25) is 5.02 Å². The summed E-state index contributed by atoms with van der Waals surface area (Å²) in [6, 6.07) is 7.70. The Morgan fingerprint density at radius 1 is 1.42 bits per heavy atom. The van der Waals surface area contributed by atoms with E-state index in [-0.39, 0.29) is 10.9 Å². The topological polar surface area (TPSA) is 80.1 Å². The summed E-state index contributed by atoms with van der Waals surface area (Å²) in [7, 11) is 0. The molecule has 26 heavy (non-hydrogen) atoms. The number of furan rings is 1. The quantitative estimate of drug-likeness (QED) is 0.549. The first kappa shape index (κ1) is 18.7. The summed E-state index contributed by atoms with van der Waals surface area (Å²) >= 11 is 8.35. The van der Waals surface area contributed by atoms with Gasteiger partial charge in [-0.25, -0.2) is 4.39 Å². The molecule has 0 aliphatic rings. The zero-order chi connectivity index (χ0) is 18.5. The Morgan fingerprint density at radius 3 is 3.00 bits per heavy atom. The Bertz CT molecular complexity index is 888. The first-order valence-electron chi connectivity index (χ1n) is 7.53. The Labute approximate surface area is 162 Å². The summed E-state index contributed by atoms with van der Waals surface area (Å²) < 4.78 is 19.1. The molecule has 2 aromatic heterocycles. The number of hydrogen-bond donors (Lipinski definition) is 2. The molecule has 1 atom stereocenters. The van der Waals surface area contributed by atoms with Crippen LogP contribution in [0.15, 0.2) is 45.4 Å². The van der Waals surface area contributed by atoms with E-state index in [9.17, 15) is 9.18 Å². The van der Waals surface area contributed by atoms with Crippen molar-refractivity contribution >= 4 is 51.4 Å². The first-order valence-corrected chi connectivity index (χ1v) is 9.61. The van der Waals surface area contributed by atoms with Crippen LogP contribution in [0.25, 0.3) is 0 Å². The van der Waals surface area contributed by atoms with Gasteiger partial charge in [0.05, 0.1) is 23.1 Å². The van der Waals surface area contributed by atoms with E-state index in [0.717, 1.165) is 5.76 Å². The highest BCUT2D eigenvalue weighted by atomic mass is 35.5. The predicted octanol–water partition coefficient (Wildman–Crippen LogP) is 4.66. The number of rotatable bonds is 7. The molecule has 136 valence electrons. The Balaban J connectivity index is 1.52. The van der Waals surface area contributed by atoms with Crippen LogP contribution in [0.1, 0.15) is 12.7 Å².